The zero-order chi connectivity index (χ0) is 21.1. The molecule has 4 rings (SSSR count). The lowest BCUT2D eigenvalue weighted by Gasteiger charge is -2.23. The maximum atomic E-state index is 13.2. The normalized spacial score (nSPS) is 18.6. The second kappa shape index (κ2) is 9.49. The largest absolute Gasteiger partial charge is 0.378 e. The first-order valence-electron chi connectivity index (χ1n) is 10.2. The molecule has 2 aliphatic heterocycles. The fourth-order valence-electron chi connectivity index (χ4n) is 3.77. The summed E-state index contributed by atoms with van der Waals surface area (Å²) in [6.45, 7) is 2.01. The Balaban J connectivity index is 1.51. The molecule has 1 amide bonds. The van der Waals surface area contributed by atoms with Gasteiger partial charge in [-0.15, -0.1) is 11.3 Å². The van der Waals surface area contributed by atoms with E-state index in [4.69, 9.17) is 17.3 Å². The Morgan fingerprint density at radius 2 is 1.97 bits per heavy atom. The van der Waals surface area contributed by atoms with E-state index in [2.05, 4.69) is 40.1 Å². The zero-order valence-electron chi connectivity index (χ0n) is 17.3. The maximum absolute atomic E-state index is 13.2. The van der Waals surface area contributed by atoms with E-state index in [-0.39, 0.29) is 11.9 Å². The third kappa shape index (κ3) is 4.71. The highest BCUT2D eigenvalue weighted by Gasteiger charge is 2.33. The third-order valence-electron chi connectivity index (χ3n) is 5.45. The number of thiocarbonyl (C=S) groups is 1. The number of amides is 1. The van der Waals surface area contributed by atoms with E-state index in [9.17, 15) is 4.79 Å². The smallest absolute Gasteiger partial charge is 0.253 e. The second-order valence-electron chi connectivity index (χ2n) is 7.72. The van der Waals surface area contributed by atoms with Crippen molar-refractivity contribution in [3.05, 3.63) is 52.2 Å². The van der Waals surface area contributed by atoms with Gasteiger partial charge < -0.3 is 9.80 Å². The van der Waals surface area contributed by atoms with Gasteiger partial charge in [0.05, 0.1) is 22.4 Å². The van der Waals surface area contributed by atoms with E-state index >= 15 is 0 Å². The number of carbonyl (C=O) groups excluding carboxylic acids is 1. The Hall–Kier alpha value is -1.90. The van der Waals surface area contributed by atoms with Crippen molar-refractivity contribution in [3.8, 4) is 0 Å². The SMILES string of the molecule is CN(C)c1ccc([C@H]2CC(c3cccs3)=NN2C(=O)CSC(=S)N2CCCC2)cc1. The predicted octanol–water partition coefficient (Wildman–Crippen LogP) is 4.61. The minimum atomic E-state index is -0.0771. The predicted molar refractivity (Wildman–Crippen MR) is 132 cm³/mol. The first kappa shape index (κ1) is 21.3. The number of nitrogens with zero attached hydrogens (tertiary/aromatic N) is 4. The highest BCUT2D eigenvalue weighted by atomic mass is 32.2. The van der Waals surface area contributed by atoms with Gasteiger partial charge in [0, 0.05) is 39.3 Å². The molecule has 2 aromatic rings. The average Bonchev–Trinajstić information content (AvgIpc) is 3.52. The van der Waals surface area contributed by atoms with Gasteiger partial charge in [0.25, 0.3) is 5.91 Å². The quantitative estimate of drug-likeness (QED) is 0.612. The summed E-state index contributed by atoms with van der Waals surface area (Å²) in [5.41, 5.74) is 3.23. The van der Waals surface area contributed by atoms with Gasteiger partial charge in [-0.2, -0.15) is 5.10 Å². The number of thioether (sulfide) groups is 1. The topological polar surface area (TPSA) is 39.1 Å². The van der Waals surface area contributed by atoms with Crippen molar-refractivity contribution < 1.29 is 4.79 Å². The molecule has 5 nitrogen and oxygen atoms in total. The van der Waals surface area contributed by atoms with Crippen LogP contribution in [0.5, 0.6) is 0 Å². The molecular formula is C22H26N4OS3. The van der Waals surface area contributed by atoms with Crippen molar-refractivity contribution in [2.24, 2.45) is 5.10 Å². The van der Waals surface area contributed by atoms with Crippen molar-refractivity contribution in [2.75, 3.05) is 37.8 Å². The Kier molecular flexibility index (Phi) is 6.75. The van der Waals surface area contributed by atoms with E-state index in [1.54, 1.807) is 16.3 Å². The van der Waals surface area contributed by atoms with E-state index in [1.807, 2.05) is 25.5 Å². The molecule has 158 valence electrons. The molecule has 0 aliphatic carbocycles. The van der Waals surface area contributed by atoms with Gasteiger partial charge in [-0.05, 0) is 42.0 Å². The summed E-state index contributed by atoms with van der Waals surface area (Å²) in [5.74, 6) is 0.331. The van der Waals surface area contributed by atoms with Crippen molar-refractivity contribution in [1.82, 2.24) is 9.91 Å². The van der Waals surface area contributed by atoms with E-state index in [0.717, 1.165) is 45.7 Å². The molecule has 0 radical (unpaired) electrons. The van der Waals surface area contributed by atoms with E-state index in [1.165, 1.54) is 24.6 Å². The minimum Gasteiger partial charge on any atom is -0.378 e. The first-order chi connectivity index (χ1) is 14.5. The number of carbonyl (C=O) groups is 1. The highest BCUT2D eigenvalue weighted by Crippen LogP contribution is 2.35. The fourth-order valence-corrected chi connectivity index (χ4v) is 5.59. The summed E-state index contributed by atoms with van der Waals surface area (Å²) in [6.07, 6.45) is 3.09. The molecule has 0 N–H and O–H groups in total. The lowest BCUT2D eigenvalue weighted by molar-refractivity contribution is -0.130. The van der Waals surface area contributed by atoms with Crippen LogP contribution < -0.4 is 4.90 Å². The van der Waals surface area contributed by atoms with Crippen LogP contribution in [0, 0.1) is 0 Å². The Morgan fingerprint density at radius 3 is 2.60 bits per heavy atom. The lowest BCUT2D eigenvalue weighted by Crippen LogP contribution is -2.30. The number of benzene rings is 1. The number of hydrazone groups is 1. The molecule has 1 aromatic heterocycles. The van der Waals surface area contributed by atoms with Crippen LogP contribution in [0.3, 0.4) is 0 Å². The Morgan fingerprint density at radius 1 is 1.23 bits per heavy atom. The number of hydrogen-bond donors (Lipinski definition) is 0. The fraction of sp³-hybridized carbons (Fsp3) is 0.409. The van der Waals surface area contributed by atoms with Crippen LogP contribution in [-0.2, 0) is 4.79 Å². The molecule has 2 aliphatic rings. The van der Waals surface area contributed by atoms with E-state index < -0.39 is 0 Å². The van der Waals surface area contributed by atoms with Crippen molar-refractivity contribution in [3.63, 3.8) is 0 Å². The van der Waals surface area contributed by atoms with Gasteiger partial charge in [-0.3, -0.25) is 4.79 Å². The van der Waals surface area contributed by atoms with Crippen LogP contribution >= 0.6 is 35.3 Å². The Bertz CT molecular complexity index is 918. The summed E-state index contributed by atoms with van der Waals surface area (Å²) in [4.78, 5) is 18.6. The molecule has 1 atom stereocenters. The number of rotatable bonds is 5. The number of likely N-dealkylation sites (tertiary alicyclic amines) is 1. The third-order valence-corrected chi connectivity index (χ3v) is 7.88. The van der Waals surface area contributed by atoms with Gasteiger partial charge in [-0.1, -0.05) is 42.2 Å². The van der Waals surface area contributed by atoms with E-state index in [0.29, 0.717) is 5.75 Å². The molecule has 8 heteroatoms. The molecule has 0 saturated carbocycles. The summed E-state index contributed by atoms with van der Waals surface area (Å²) < 4.78 is 0.828. The second-order valence-corrected chi connectivity index (χ2v) is 10.3. The van der Waals surface area contributed by atoms with Crippen molar-refractivity contribution in [1.29, 1.82) is 0 Å². The molecule has 1 fully saturated rings. The van der Waals surface area contributed by atoms with Gasteiger partial charge >= 0.3 is 0 Å². The number of hydrogen-bond acceptors (Lipinski definition) is 6. The first-order valence-corrected chi connectivity index (χ1v) is 12.4. The maximum Gasteiger partial charge on any atom is 0.253 e. The summed E-state index contributed by atoms with van der Waals surface area (Å²) >= 11 is 8.66. The monoisotopic (exact) mass is 458 g/mol. The van der Waals surface area contributed by atoms with Crippen LogP contribution in [-0.4, -0.2) is 58.8 Å². The molecular weight excluding hydrogens is 432 g/mol. The molecule has 1 saturated heterocycles. The van der Waals surface area contributed by atoms with Gasteiger partial charge in [0.15, 0.2) is 0 Å². The summed E-state index contributed by atoms with van der Waals surface area (Å²) in [7, 11) is 4.05. The van der Waals surface area contributed by atoms with Gasteiger partial charge in [0.1, 0.15) is 4.32 Å². The highest BCUT2D eigenvalue weighted by molar-refractivity contribution is 8.23. The molecule has 0 unspecified atom stereocenters. The summed E-state index contributed by atoms with van der Waals surface area (Å²) in [6, 6.07) is 12.4. The van der Waals surface area contributed by atoms with Crippen LogP contribution in [0.25, 0.3) is 0 Å². The van der Waals surface area contributed by atoms with Crippen LogP contribution in [0.15, 0.2) is 46.9 Å². The van der Waals surface area contributed by atoms with Crippen LogP contribution in [0.4, 0.5) is 5.69 Å². The molecule has 30 heavy (non-hydrogen) atoms. The molecule has 0 spiro atoms. The van der Waals surface area contributed by atoms with Crippen molar-refractivity contribution in [2.45, 2.75) is 25.3 Å². The lowest BCUT2D eigenvalue weighted by atomic mass is 10.0. The van der Waals surface area contributed by atoms with Gasteiger partial charge in [-0.25, -0.2) is 5.01 Å². The molecule has 1 aromatic carbocycles. The van der Waals surface area contributed by atoms with Gasteiger partial charge in [0.2, 0.25) is 0 Å². The van der Waals surface area contributed by atoms with Crippen LogP contribution in [0.2, 0.25) is 0 Å². The zero-order valence-corrected chi connectivity index (χ0v) is 19.7. The molecule has 3 heterocycles. The van der Waals surface area contributed by atoms with Crippen LogP contribution in [0.1, 0.15) is 35.7 Å². The number of anilines is 1. The minimum absolute atomic E-state index is 0.00906. The Labute approximate surface area is 191 Å². The number of thiophene rings is 1. The average molecular weight is 459 g/mol. The van der Waals surface area contributed by atoms with Crippen molar-refractivity contribution >= 4 is 56.9 Å². The molecule has 0 bridgehead atoms. The summed E-state index contributed by atoms with van der Waals surface area (Å²) in [5, 5.41) is 8.48. The standard InChI is InChI=1S/C22H26N4OS3/c1-24(2)17-9-7-16(8-10-17)19-14-18(20-6-5-13-29-20)23-26(19)21(27)15-30-22(28)25-11-3-4-12-25/h5-10,13,19H,3-4,11-12,14-15H2,1-2H3/t19-/m1/s1.